The zero-order valence-electron chi connectivity index (χ0n) is 11.9. The van der Waals surface area contributed by atoms with Gasteiger partial charge in [0.1, 0.15) is 11.6 Å². The molecule has 0 radical (unpaired) electrons. The van der Waals surface area contributed by atoms with E-state index in [4.69, 9.17) is 16.3 Å². The number of carbonyl (C=O) groups is 2. The number of nitrogens with one attached hydrogen (secondary N) is 1. The van der Waals surface area contributed by atoms with Gasteiger partial charge in [-0.15, -0.1) is 0 Å². The molecule has 0 aromatic heterocycles. The molecule has 1 aromatic rings. The van der Waals surface area contributed by atoms with Crippen molar-refractivity contribution < 1.29 is 19.4 Å². The topological polar surface area (TPSA) is 75.6 Å². The van der Waals surface area contributed by atoms with Crippen LogP contribution in [0.25, 0.3) is 0 Å². The number of hydrogen-bond donors (Lipinski definition) is 2. The van der Waals surface area contributed by atoms with Gasteiger partial charge in [0, 0.05) is 10.9 Å². The summed E-state index contributed by atoms with van der Waals surface area (Å²) in [6, 6.07) is 4.09. The number of benzene rings is 1. The molecule has 1 amide bonds. The Labute approximate surface area is 136 Å². The molecule has 1 aromatic carbocycles. The first-order valence-corrected chi connectivity index (χ1v) is 7.42. The molecule has 0 fully saturated rings. The smallest absolute Gasteiger partial charge is 0.408 e. The van der Waals surface area contributed by atoms with E-state index in [9.17, 15) is 14.7 Å². The van der Waals surface area contributed by atoms with E-state index in [1.54, 1.807) is 39.0 Å². The monoisotopic (exact) mass is 377 g/mol. The molecule has 0 saturated heterocycles. The third-order valence-electron chi connectivity index (χ3n) is 2.44. The summed E-state index contributed by atoms with van der Waals surface area (Å²) in [5.74, 6) is -1.16. The minimum absolute atomic E-state index is 0.0624. The zero-order chi connectivity index (χ0) is 16.2. The fraction of sp³-hybridized carbons (Fsp3) is 0.429. The number of ether oxygens (including phenoxy) is 1. The van der Waals surface area contributed by atoms with E-state index in [-0.39, 0.29) is 6.42 Å². The summed E-state index contributed by atoms with van der Waals surface area (Å²) in [5, 5.41) is 12.0. The van der Waals surface area contributed by atoms with Crippen molar-refractivity contribution in [1.82, 2.24) is 5.32 Å². The van der Waals surface area contributed by atoms with Crippen LogP contribution in [-0.2, 0) is 16.0 Å². The Bertz CT molecular complexity index is 542. The predicted molar refractivity (Wildman–Crippen MR) is 83.6 cm³/mol. The van der Waals surface area contributed by atoms with Crippen molar-refractivity contribution in [3.05, 3.63) is 33.3 Å². The van der Waals surface area contributed by atoms with Gasteiger partial charge in [0.05, 0.1) is 5.02 Å². The second kappa shape index (κ2) is 7.13. The third-order valence-corrected chi connectivity index (χ3v) is 3.78. The lowest BCUT2D eigenvalue weighted by molar-refractivity contribution is -0.139. The van der Waals surface area contributed by atoms with E-state index >= 15 is 0 Å². The van der Waals surface area contributed by atoms with Crippen molar-refractivity contribution in [1.29, 1.82) is 0 Å². The fourth-order valence-electron chi connectivity index (χ4n) is 1.58. The van der Waals surface area contributed by atoms with E-state index in [0.717, 1.165) is 0 Å². The van der Waals surface area contributed by atoms with Gasteiger partial charge in [-0.3, -0.25) is 0 Å². The van der Waals surface area contributed by atoms with Crippen LogP contribution in [0.5, 0.6) is 0 Å². The number of hydrogen-bond acceptors (Lipinski definition) is 3. The molecule has 0 saturated carbocycles. The molecule has 0 heterocycles. The zero-order valence-corrected chi connectivity index (χ0v) is 14.3. The van der Waals surface area contributed by atoms with Crippen LogP contribution in [0.15, 0.2) is 22.7 Å². The Kier molecular flexibility index (Phi) is 6.04. The second-order valence-corrected chi connectivity index (χ2v) is 6.69. The SMILES string of the molecule is CC(C)(C)OC(=O)NC(Cc1cccc(Br)c1Cl)C(=O)O. The van der Waals surface area contributed by atoms with Crippen LogP contribution in [0.2, 0.25) is 5.02 Å². The quantitative estimate of drug-likeness (QED) is 0.839. The van der Waals surface area contributed by atoms with Crippen LogP contribution >= 0.6 is 27.5 Å². The minimum atomic E-state index is -1.16. The van der Waals surface area contributed by atoms with Gasteiger partial charge >= 0.3 is 12.1 Å². The molecular weight excluding hydrogens is 362 g/mol. The molecule has 0 spiro atoms. The van der Waals surface area contributed by atoms with Crippen molar-refractivity contribution in [2.75, 3.05) is 0 Å². The van der Waals surface area contributed by atoms with Gasteiger partial charge in [-0.1, -0.05) is 23.7 Å². The summed E-state index contributed by atoms with van der Waals surface area (Å²) in [7, 11) is 0. The first kappa shape index (κ1) is 17.8. The van der Waals surface area contributed by atoms with Crippen LogP contribution in [0, 0.1) is 0 Å². The maximum Gasteiger partial charge on any atom is 0.408 e. The normalized spacial score (nSPS) is 12.6. The van der Waals surface area contributed by atoms with Gasteiger partial charge < -0.3 is 15.2 Å². The van der Waals surface area contributed by atoms with Crippen molar-refractivity contribution in [3.8, 4) is 0 Å². The molecule has 1 atom stereocenters. The van der Waals surface area contributed by atoms with Gasteiger partial charge in [-0.2, -0.15) is 0 Å². The molecule has 116 valence electrons. The predicted octanol–water partition coefficient (Wildman–Crippen LogP) is 3.62. The maximum atomic E-state index is 11.7. The average Bonchev–Trinajstić information content (AvgIpc) is 2.31. The molecule has 1 rings (SSSR count). The molecule has 21 heavy (non-hydrogen) atoms. The highest BCUT2D eigenvalue weighted by Crippen LogP contribution is 2.27. The highest BCUT2D eigenvalue weighted by molar-refractivity contribution is 9.10. The lowest BCUT2D eigenvalue weighted by atomic mass is 10.1. The van der Waals surface area contributed by atoms with Crippen LogP contribution < -0.4 is 5.32 Å². The Morgan fingerprint density at radius 2 is 2.05 bits per heavy atom. The minimum Gasteiger partial charge on any atom is -0.480 e. The summed E-state index contributed by atoms with van der Waals surface area (Å²) in [4.78, 5) is 23.0. The van der Waals surface area contributed by atoms with Crippen LogP contribution in [-0.4, -0.2) is 28.8 Å². The van der Waals surface area contributed by atoms with E-state index in [2.05, 4.69) is 21.2 Å². The summed E-state index contributed by atoms with van der Waals surface area (Å²) in [6.45, 7) is 5.11. The number of aliphatic carboxylic acids is 1. The Hall–Kier alpha value is -1.27. The largest absolute Gasteiger partial charge is 0.480 e. The summed E-state index contributed by atoms with van der Waals surface area (Å²) in [5.41, 5.74) is -0.0740. The van der Waals surface area contributed by atoms with Crippen molar-refractivity contribution in [3.63, 3.8) is 0 Å². The maximum absolute atomic E-state index is 11.7. The third kappa shape index (κ3) is 5.93. The first-order valence-electron chi connectivity index (χ1n) is 6.25. The van der Waals surface area contributed by atoms with E-state index < -0.39 is 23.7 Å². The van der Waals surface area contributed by atoms with Crippen LogP contribution in [0.1, 0.15) is 26.3 Å². The average molecular weight is 379 g/mol. The number of carboxylic acid groups (broad SMARTS) is 1. The number of rotatable bonds is 4. The summed E-state index contributed by atoms with van der Waals surface area (Å²) >= 11 is 9.37. The highest BCUT2D eigenvalue weighted by atomic mass is 79.9. The molecule has 0 aliphatic heterocycles. The standard InChI is InChI=1S/C14H17BrClNO4/c1-14(2,3)21-13(20)17-10(12(18)19)7-8-5-4-6-9(15)11(8)16/h4-6,10H,7H2,1-3H3,(H,17,20)(H,18,19). The van der Waals surface area contributed by atoms with Crippen LogP contribution in [0.3, 0.4) is 0 Å². The fourth-order valence-corrected chi connectivity index (χ4v) is 2.19. The van der Waals surface area contributed by atoms with E-state index in [0.29, 0.717) is 15.1 Å². The van der Waals surface area contributed by atoms with Gasteiger partial charge in [-0.05, 0) is 48.3 Å². The molecule has 2 N–H and O–H groups in total. The van der Waals surface area contributed by atoms with Gasteiger partial charge in [0.2, 0.25) is 0 Å². The van der Waals surface area contributed by atoms with E-state index in [1.807, 2.05) is 0 Å². The number of amides is 1. The Balaban J connectivity index is 2.82. The molecule has 7 heteroatoms. The Morgan fingerprint density at radius 1 is 1.43 bits per heavy atom. The number of halogens is 2. The number of alkyl carbamates (subject to hydrolysis) is 1. The number of carboxylic acids is 1. The highest BCUT2D eigenvalue weighted by Gasteiger charge is 2.25. The molecule has 0 bridgehead atoms. The van der Waals surface area contributed by atoms with Crippen molar-refractivity contribution >= 4 is 39.6 Å². The first-order chi connectivity index (χ1) is 9.60. The molecular formula is C14H17BrClNO4. The molecule has 5 nitrogen and oxygen atoms in total. The molecule has 0 aliphatic rings. The summed E-state index contributed by atoms with van der Waals surface area (Å²) < 4.78 is 5.72. The van der Waals surface area contributed by atoms with Gasteiger partial charge in [-0.25, -0.2) is 9.59 Å². The number of carbonyl (C=O) groups excluding carboxylic acids is 1. The van der Waals surface area contributed by atoms with E-state index in [1.165, 1.54) is 0 Å². The van der Waals surface area contributed by atoms with Gasteiger partial charge in [0.25, 0.3) is 0 Å². The molecule has 0 aliphatic carbocycles. The lowest BCUT2D eigenvalue weighted by Gasteiger charge is -2.22. The Morgan fingerprint density at radius 3 is 2.57 bits per heavy atom. The lowest BCUT2D eigenvalue weighted by Crippen LogP contribution is -2.44. The van der Waals surface area contributed by atoms with Crippen molar-refractivity contribution in [2.45, 2.75) is 38.8 Å². The van der Waals surface area contributed by atoms with Gasteiger partial charge in [0.15, 0.2) is 0 Å². The second-order valence-electron chi connectivity index (χ2n) is 5.45. The molecule has 1 unspecified atom stereocenters. The summed E-state index contributed by atoms with van der Waals surface area (Å²) in [6.07, 6.45) is -0.714. The van der Waals surface area contributed by atoms with Crippen molar-refractivity contribution in [2.24, 2.45) is 0 Å². The van der Waals surface area contributed by atoms with Crippen LogP contribution in [0.4, 0.5) is 4.79 Å².